The first-order chi connectivity index (χ1) is 4.27. The Morgan fingerprint density at radius 3 is 2.50 bits per heavy atom. The Morgan fingerprint density at radius 1 is 1.50 bits per heavy atom. The number of hydrogen-bond acceptors (Lipinski definition) is 3. The normalized spacial score (nSPS) is 8.50. The maximum absolute atomic E-state index is 9.80. The average Bonchev–Trinajstić information content (AvgIpc) is 1.80. The third-order valence-corrected chi connectivity index (χ3v) is 0.657. The zero-order valence-electron chi connectivity index (χ0n) is 5.70. The lowest BCUT2D eigenvalue weighted by atomic mass is 10.7. The molecule has 62 valence electrons. The van der Waals surface area contributed by atoms with Crippen LogP contribution in [0.2, 0.25) is 0 Å². The van der Waals surface area contributed by atoms with Crippen LogP contribution in [0.1, 0.15) is 0 Å². The van der Waals surface area contributed by atoms with E-state index in [0.717, 1.165) is 0 Å². The highest BCUT2D eigenvalue weighted by Gasteiger charge is 1.93. The van der Waals surface area contributed by atoms with E-state index >= 15 is 0 Å². The molecule has 0 aliphatic heterocycles. The fraction of sp³-hybridized carbons (Fsp3) is 0.800. The van der Waals surface area contributed by atoms with Gasteiger partial charge >= 0.3 is 5.97 Å². The van der Waals surface area contributed by atoms with Crippen molar-refractivity contribution in [3.05, 3.63) is 0 Å². The van der Waals surface area contributed by atoms with Crippen LogP contribution in [0.3, 0.4) is 0 Å². The number of hydrogen-bond donors (Lipinski definition) is 1. The third-order valence-electron chi connectivity index (χ3n) is 0.657. The molecular weight excluding hydrogens is 160 g/mol. The first-order valence-electron chi connectivity index (χ1n) is 2.56. The molecule has 4 nitrogen and oxygen atoms in total. The van der Waals surface area contributed by atoms with Crippen molar-refractivity contribution in [1.82, 2.24) is 0 Å². The molecular formula is C5H11ClO4. The Bertz CT molecular complexity index is 85.7. The van der Waals surface area contributed by atoms with Crippen LogP contribution in [0.15, 0.2) is 0 Å². The summed E-state index contributed by atoms with van der Waals surface area (Å²) in [7, 11) is 1.53. The Balaban J connectivity index is 0. The van der Waals surface area contributed by atoms with Gasteiger partial charge < -0.3 is 14.6 Å². The molecule has 0 bridgehead atoms. The molecule has 0 heterocycles. The zero-order chi connectivity index (χ0) is 7.11. The molecule has 10 heavy (non-hydrogen) atoms. The second kappa shape index (κ2) is 8.68. The molecule has 0 amide bonds. The van der Waals surface area contributed by atoms with E-state index in [9.17, 15) is 4.79 Å². The van der Waals surface area contributed by atoms with Crippen molar-refractivity contribution in [2.75, 3.05) is 26.9 Å². The molecule has 1 N–H and O–H groups in total. The Hall–Kier alpha value is -0.320. The quantitative estimate of drug-likeness (QED) is 0.597. The molecule has 0 radical (unpaired) electrons. The highest BCUT2D eigenvalue weighted by Crippen LogP contribution is 1.74. The van der Waals surface area contributed by atoms with Gasteiger partial charge in [-0.2, -0.15) is 0 Å². The van der Waals surface area contributed by atoms with E-state index in [1.165, 1.54) is 7.11 Å². The van der Waals surface area contributed by atoms with E-state index in [2.05, 4.69) is 9.47 Å². The van der Waals surface area contributed by atoms with Gasteiger partial charge in [-0.1, -0.05) is 0 Å². The SMILES string of the molecule is COCCOCC(=O)O.Cl. The van der Waals surface area contributed by atoms with E-state index in [1.54, 1.807) is 0 Å². The van der Waals surface area contributed by atoms with Gasteiger partial charge in [-0.15, -0.1) is 12.4 Å². The summed E-state index contributed by atoms with van der Waals surface area (Å²) in [5, 5.41) is 8.05. The summed E-state index contributed by atoms with van der Waals surface area (Å²) in [6.45, 7) is 0.527. The van der Waals surface area contributed by atoms with Gasteiger partial charge in [-0.3, -0.25) is 0 Å². The summed E-state index contributed by atoms with van der Waals surface area (Å²) >= 11 is 0. The van der Waals surface area contributed by atoms with Crippen molar-refractivity contribution in [3.8, 4) is 0 Å². The first-order valence-corrected chi connectivity index (χ1v) is 2.56. The van der Waals surface area contributed by atoms with E-state index in [1.807, 2.05) is 0 Å². The molecule has 0 aromatic heterocycles. The summed E-state index contributed by atoms with van der Waals surface area (Å²) in [6.07, 6.45) is 0. The molecule has 0 rings (SSSR count). The number of carbonyl (C=O) groups is 1. The highest BCUT2D eigenvalue weighted by molar-refractivity contribution is 5.85. The van der Waals surface area contributed by atoms with Crippen LogP contribution < -0.4 is 0 Å². The van der Waals surface area contributed by atoms with Crippen LogP contribution in [0, 0.1) is 0 Å². The molecule has 0 fully saturated rings. The number of carboxylic acid groups (broad SMARTS) is 1. The van der Waals surface area contributed by atoms with Crippen LogP contribution in [-0.2, 0) is 14.3 Å². The lowest BCUT2D eigenvalue weighted by molar-refractivity contribution is -0.142. The van der Waals surface area contributed by atoms with E-state index < -0.39 is 5.97 Å². The van der Waals surface area contributed by atoms with Gasteiger partial charge in [-0.25, -0.2) is 4.79 Å². The van der Waals surface area contributed by atoms with Crippen molar-refractivity contribution < 1.29 is 19.4 Å². The minimum Gasteiger partial charge on any atom is -0.480 e. The predicted molar refractivity (Wildman–Crippen MR) is 37.6 cm³/mol. The van der Waals surface area contributed by atoms with Gasteiger partial charge in [0.05, 0.1) is 13.2 Å². The molecule has 0 saturated carbocycles. The molecule has 0 unspecified atom stereocenters. The van der Waals surface area contributed by atoms with Crippen molar-refractivity contribution in [3.63, 3.8) is 0 Å². The number of carboxylic acids is 1. The fourth-order valence-corrected chi connectivity index (χ4v) is 0.302. The van der Waals surface area contributed by atoms with Gasteiger partial charge in [0.25, 0.3) is 0 Å². The second-order valence-electron chi connectivity index (χ2n) is 1.44. The number of halogens is 1. The molecule has 0 aromatic carbocycles. The minimum absolute atomic E-state index is 0. The molecule has 0 aliphatic rings. The smallest absolute Gasteiger partial charge is 0.329 e. The first kappa shape index (κ1) is 12.4. The fourth-order valence-electron chi connectivity index (χ4n) is 0.302. The van der Waals surface area contributed by atoms with E-state index in [-0.39, 0.29) is 19.0 Å². The summed E-state index contributed by atoms with van der Waals surface area (Å²) in [5.41, 5.74) is 0. The second-order valence-corrected chi connectivity index (χ2v) is 1.44. The van der Waals surface area contributed by atoms with Crippen LogP contribution in [0.4, 0.5) is 0 Å². The van der Waals surface area contributed by atoms with Crippen LogP contribution in [0.5, 0.6) is 0 Å². The third kappa shape index (κ3) is 10.6. The number of rotatable bonds is 5. The van der Waals surface area contributed by atoms with Crippen molar-refractivity contribution in [2.45, 2.75) is 0 Å². The predicted octanol–water partition coefficient (Wildman–Crippen LogP) is 0.156. The molecule has 0 aliphatic carbocycles. The standard InChI is InChI=1S/C5H10O4.ClH/c1-8-2-3-9-4-5(6)7;/h2-4H2,1H3,(H,6,7);1H. The Kier molecular flexibility index (Phi) is 10.7. The van der Waals surface area contributed by atoms with Crippen molar-refractivity contribution in [2.24, 2.45) is 0 Å². The number of ether oxygens (including phenoxy) is 2. The van der Waals surface area contributed by atoms with Gasteiger partial charge in [0.2, 0.25) is 0 Å². The maximum atomic E-state index is 9.80. The van der Waals surface area contributed by atoms with Crippen LogP contribution in [0.25, 0.3) is 0 Å². The lowest BCUT2D eigenvalue weighted by Gasteiger charge is -1.97. The van der Waals surface area contributed by atoms with Crippen molar-refractivity contribution in [1.29, 1.82) is 0 Å². The van der Waals surface area contributed by atoms with E-state index in [0.29, 0.717) is 13.2 Å². The van der Waals surface area contributed by atoms with Gasteiger partial charge in [-0.05, 0) is 0 Å². The summed E-state index contributed by atoms with van der Waals surface area (Å²) < 4.78 is 9.22. The number of aliphatic carboxylic acids is 1. The van der Waals surface area contributed by atoms with Crippen LogP contribution in [-0.4, -0.2) is 38.0 Å². The molecule has 0 aromatic rings. The molecule has 5 heteroatoms. The lowest BCUT2D eigenvalue weighted by Crippen LogP contribution is -2.10. The average molecular weight is 171 g/mol. The zero-order valence-corrected chi connectivity index (χ0v) is 6.52. The monoisotopic (exact) mass is 170 g/mol. The van der Waals surface area contributed by atoms with Gasteiger partial charge in [0.15, 0.2) is 0 Å². The molecule has 0 saturated heterocycles. The summed E-state index contributed by atoms with van der Waals surface area (Å²) in [6, 6.07) is 0. The maximum Gasteiger partial charge on any atom is 0.329 e. The van der Waals surface area contributed by atoms with Crippen molar-refractivity contribution >= 4 is 18.4 Å². The van der Waals surface area contributed by atoms with Gasteiger partial charge in [0, 0.05) is 7.11 Å². The van der Waals surface area contributed by atoms with Gasteiger partial charge in [0.1, 0.15) is 6.61 Å². The summed E-state index contributed by atoms with van der Waals surface area (Å²) in [5.74, 6) is -0.953. The topological polar surface area (TPSA) is 55.8 Å². The number of methoxy groups -OCH3 is 1. The molecule has 0 spiro atoms. The Labute approximate surface area is 65.5 Å². The minimum atomic E-state index is -0.953. The largest absolute Gasteiger partial charge is 0.480 e. The summed E-state index contributed by atoms with van der Waals surface area (Å²) in [4.78, 5) is 9.80. The highest BCUT2D eigenvalue weighted by atomic mass is 35.5. The Morgan fingerprint density at radius 2 is 2.10 bits per heavy atom. The van der Waals surface area contributed by atoms with E-state index in [4.69, 9.17) is 5.11 Å². The van der Waals surface area contributed by atoms with Crippen LogP contribution >= 0.6 is 12.4 Å². The molecule has 0 atom stereocenters.